The Morgan fingerprint density at radius 3 is 1.31 bits per heavy atom. The molecule has 4 aliphatic rings. The number of benzene rings is 11. The molecule has 0 amide bonds. The topological polar surface area (TPSA) is 11.4 Å². The molecule has 0 fully saturated rings. The van der Waals surface area contributed by atoms with Crippen molar-refractivity contribution in [3.8, 4) is 50.2 Å². The zero-order valence-corrected chi connectivity index (χ0v) is 54.3. The van der Waals surface area contributed by atoms with Gasteiger partial charge in [-0.1, -0.05) is 240 Å². The second kappa shape index (κ2) is 20.2. The molecular weight excluding hydrogens is 1090 g/mol. The number of hydrogen-bond donors (Lipinski definition) is 0. The van der Waals surface area contributed by atoms with Crippen molar-refractivity contribution < 1.29 is 0 Å². The lowest BCUT2D eigenvalue weighted by Crippen LogP contribution is -2.61. The molecule has 3 heterocycles. The van der Waals surface area contributed by atoms with Crippen LogP contribution in [-0.2, 0) is 27.1 Å². The lowest BCUT2D eigenvalue weighted by molar-refractivity contribution is 0.332. The first kappa shape index (κ1) is 56.1. The number of fused-ring (bicyclic) bond motifs is 9. The van der Waals surface area contributed by atoms with Crippen LogP contribution in [0.4, 0.5) is 34.1 Å². The molecule has 4 heteroatoms. The van der Waals surface area contributed by atoms with E-state index in [2.05, 4.69) is 327 Å². The van der Waals surface area contributed by atoms with E-state index in [9.17, 15) is 0 Å². The fraction of sp³-hybridized carbons (Fsp3) is 0.233. The first-order valence-electron chi connectivity index (χ1n) is 32.9. The molecule has 2 aliphatic heterocycles. The smallest absolute Gasteiger partial charge is 0.252 e. The van der Waals surface area contributed by atoms with Gasteiger partial charge in [-0.25, -0.2) is 0 Å². The molecule has 3 nitrogen and oxygen atoms in total. The van der Waals surface area contributed by atoms with Crippen LogP contribution < -0.4 is 26.2 Å². The summed E-state index contributed by atoms with van der Waals surface area (Å²) in [4.78, 5) is 5.19. The highest BCUT2D eigenvalue weighted by Crippen LogP contribution is 2.52. The SMILES string of the molecule is CC(C)(C)c1ccc2c(c1)c1ccccc1n2-c1ccc2c(c1)N(c1ccc(-c3ccc4c(c3)C(C)(C)CCC4(C)C)cc1)c1cc(-c3ccccc3)cc3c1B2c1cc(-c2ccccc2)ccc1N3c1ccc(-c2ccc3c(c2)C(C)(C)CCC3(C)C)cc1. The molecule has 0 atom stereocenters. The van der Waals surface area contributed by atoms with E-state index in [1.54, 1.807) is 0 Å². The van der Waals surface area contributed by atoms with Gasteiger partial charge < -0.3 is 14.4 Å². The van der Waals surface area contributed by atoms with Crippen molar-refractivity contribution in [2.24, 2.45) is 0 Å². The van der Waals surface area contributed by atoms with Crippen molar-refractivity contribution in [1.29, 1.82) is 0 Å². The molecule has 16 rings (SSSR count). The van der Waals surface area contributed by atoms with Crippen LogP contribution in [0.2, 0.25) is 0 Å². The van der Waals surface area contributed by atoms with Crippen LogP contribution in [-0.4, -0.2) is 11.3 Å². The van der Waals surface area contributed by atoms with Crippen molar-refractivity contribution in [2.45, 2.75) is 129 Å². The van der Waals surface area contributed by atoms with E-state index in [-0.39, 0.29) is 33.8 Å². The summed E-state index contributed by atoms with van der Waals surface area (Å²) in [7, 11) is 0. The lowest BCUT2D eigenvalue weighted by atomic mass is 9.33. The van der Waals surface area contributed by atoms with Gasteiger partial charge in [0.05, 0.1) is 11.0 Å². The third-order valence-corrected chi connectivity index (χ3v) is 21.7. The molecule has 0 saturated heterocycles. The molecule has 90 heavy (non-hydrogen) atoms. The zero-order chi connectivity index (χ0) is 61.8. The van der Waals surface area contributed by atoms with Crippen LogP contribution in [0.3, 0.4) is 0 Å². The van der Waals surface area contributed by atoms with Crippen LogP contribution in [0.1, 0.15) is 130 Å². The van der Waals surface area contributed by atoms with Crippen molar-refractivity contribution in [3.63, 3.8) is 0 Å². The van der Waals surface area contributed by atoms with E-state index < -0.39 is 0 Å². The minimum atomic E-state index is -0.104. The second-order valence-electron chi connectivity index (χ2n) is 30.3. The van der Waals surface area contributed by atoms with Crippen molar-refractivity contribution in [2.75, 3.05) is 9.80 Å². The van der Waals surface area contributed by atoms with Gasteiger partial charge in [-0.3, -0.25) is 0 Å². The third kappa shape index (κ3) is 8.98. The first-order valence-corrected chi connectivity index (χ1v) is 32.9. The van der Waals surface area contributed by atoms with Gasteiger partial charge in [-0.05, 0) is 214 Å². The summed E-state index contributed by atoms with van der Waals surface area (Å²) < 4.78 is 2.51. The maximum absolute atomic E-state index is 2.61. The molecular formula is C86H80BN3. The first-order chi connectivity index (χ1) is 43.2. The highest BCUT2D eigenvalue weighted by Gasteiger charge is 2.45. The van der Waals surface area contributed by atoms with Crippen LogP contribution in [0, 0.1) is 0 Å². The summed E-state index contributed by atoms with van der Waals surface area (Å²) in [5, 5.41) is 2.54. The monoisotopic (exact) mass is 1170 g/mol. The lowest BCUT2D eigenvalue weighted by Gasteiger charge is -2.44. The van der Waals surface area contributed by atoms with Crippen molar-refractivity contribution in [3.05, 3.63) is 264 Å². The summed E-state index contributed by atoms with van der Waals surface area (Å²) >= 11 is 0. The highest BCUT2D eigenvalue weighted by molar-refractivity contribution is 7.00. The molecule has 2 aliphatic carbocycles. The van der Waals surface area contributed by atoms with Crippen LogP contribution in [0.25, 0.3) is 72.0 Å². The van der Waals surface area contributed by atoms with Crippen LogP contribution in [0.5, 0.6) is 0 Å². The summed E-state index contributed by atoms with van der Waals surface area (Å²) in [5.41, 5.74) is 32.0. The normalized spacial score (nSPS) is 16.5. The van der Waals surface area contributed by atoms with E-state index in [1.807, 2.05) is 0 Å². The Morgan fingerprint density at radius 2 is 0.756 bits per heavy atom. The number of rotatable bonds is 7. The highest BCUT2D eigenvalue weighted by atomic mass is 15.2. The number of aromatic nitrogens is 1. The van der Waals surface area contributed by atoms with E-state index in [0.29, 0.717) is 0 Å². The minimum absolute atomic E-state index is 0.00441. The molecule has 0 spiro atoms. The average molecular weight is 1170 g/mol. The molecule has 0 N–H and O–H groups in total. The van der Waals surface area contributed by atoms with E-state index in [0.717, 1.165) is 17.1 Å². The van der Waals surface area contributed by atoms with E-state index >= 15 is 0 Å². The maximum atomic E-state index is 2.61. The van der Waals surface area contributed by atoms with Gasteiger partial charge in [0.25, 0.3) is 6.71 Å². The second-order valence-corrected chi connectivity index (χ2v) is 30.3. The molecule has 442 valence electrons. The van der Waals surface area contributed by atoms with Gasteiger partial charge in [0, 0.05) is 50.6 Å². The van der Waals surface area contributed by atoms with Gasteiger partial charge in [0.15, 0.2) is 0 Å². The predicted octanol–water partition coefficient (Wildman–Crippen LogP) is 21.5. The Kier molecular flexibility index (Phi) is 12.6. The van der Waals surface area contributed by atoms with Crippen molar-refractivity contribution >= 4 is 79.0 Å². The Bertz CT molecular complexity index is 4860. The van der Waals surface area contributed by atoms with E-state index in [1.165, 1.54) is 159 Å². The van der Waals surface area contributed by atoms with E-state index in [4.69, 9.17) is 0 Å². The predicted molar refractivity (Wildman–Crippen MR) is 386 cm³/mol. The molecule has 0 radical (unpaired) electrons. The fourth-order valence-electron chi connectivity index (χ4n) is 16.1. The van der Waals surface area contributed by atoms with Crippen LogP contribution >= 0.6 is 0 Å². The molecule has 0 saturated carbocycles. The largest absolute Gasteiger partial charge is 0.311 e. The number of para-hydroxylation sites is 1. The Balaban J connectivity index is 0.938. The van der Waals surface area contributed by atoms with Gasteiger partial charge in [0.1, 0.15) is 0 Å². The molecule has 12 aromatic rings. The summed E-state index contributed by atoms with van der Waals surface area (Å²) in [6, 6.07) is 91.4. The molecule has 0 bridgehead atoms. The number of anilines is 6. The zero-order valence-electron chi connectivity index (χ0n) is 54.3. The summed E-state index contributed by atoms with van der Waals surface area (Å²) in [5.74, 6) is 0. The quantitative estimate of drug-likeness (QED) is 0.147. The molecule has 1 aromatic heterocycles. The minimum Gasteiger partial charge on any atom is -0.311 e. The number of hydrogen-bond acceptors (Lipinski definition) is 2. The third-order valence-electron chi connectivity index (χ3n) is 21.7. The summed E-state index contributed by atoms with van der Waals surface area (Å²) in [6.07, 6.45) is 4.76. The standard InChI is InChI=1S/C86H80BN3/c1-82(2,3)63-33-43-76-68(53-63)67-24-18-19-25-75(67)90(76)66-38-41-73-78(54-66)89(65-36-28-58(29-37-65)60-31-40-70-72(49-60)86(10,11)47-45-84(70,6)7)80-52-62(56-22-16-13-17-23-56)51-79-81(80)87(73)74-50-61(55-20-14-12-15-21-55)32-42-77(74)88(79)64-34-26-57(27-35-64)59-30-39-69-71(48-59)85(8,9)46-44-83(69,4)5/h12-43,48-54H,44-47H2,1-11H3. The number of nitrogens with zero attached hydrogens (tertiary/aromatic N) is 3. The van der Waals surface area contributed by atoms with Gasteiger partial charge >= 0.3 is 0 Å². The molecule has 0 unspecified atom stereocenters. The summed E-state index contributed by atoms with van der Waals surface area (Å²) in [6.45, 7) is 26.3. The average Bonchev–Trinajstić information content (AvgIpc) is 0.921. The van der Waals surface area contributed by atoms with Crippen LogP contribution in [0.15, 0.2) is 237 Å². The Morgan fingerprint density at radius 1 is 0.311 bits per heavy atom. The van der Waals surface area contributed by atoms with Gasteiger partial charge in [0.2, 0.25) is 0 Å². The Hall–Kier alpha value is -9.12. The fourth-order valence-corrected chi connectivity index (χ4v) is 16.1. The molecule has 11 aromatic carbocycles. The maximum Gasteiger partial charge on any atom is 0.252 e. The van der Waals surface area contributed by atoms with Gasteiger partial charge in [-0.2, -0.15) is 0 Å². The van der Waals surface area contributed by atoms with Gasteiger partial charge in [-0.15, -0.1) is 0 Å². The Labute approximate surface area is 533 Å². The van der Waals surface area contributed by atoms with Crippen molar-refractivity contribution in [1.82, 2.24) is 4.57 Å².